The molecule has 3 aromatic rings. The predicted molar refractivity (Wildman–Crippen MR) is 114 cm³/mol. The Balaban J connectivity index is 1.26. The number of hydrogen-bond acceptors (Lipinski definition) is 6. The van der Waals surface area contributed by atoms with Crippen molar-refractivity contribution in [2.45, 2.75) is 38.6 Å². The lowest BCUT2D eigenvalue weighted by atomic mass is 10.1. The Labute approximate surface area is 179 Å². The standard InChI is InChI=1S/C22H24N4O3S/c27-19(7-8-20-24-21(25-29-20)18-9-12-30-15-18)23-14-16-5-4-6-17(13-16)22(28)26-10-2-1-3-11-26/h4-6,9,12-13,15H,1-3,7-8,10-11,14H2,(H,23,27). The van der Waals surface area contributed by atoms with Gasteiger partial charge >= 0.3 is 0 Å². The summed E-state index contributed by atoms with van der Waals surface area (Å²) in [5.74, 6) is 0.959. The Morgan fingerprint density at radius 3 is 2.83 bits per heavy atom. The molecular weight excluding hydrogens is 400 g/mol. The van der Waals surface area contributed by atoms with Gasteiger partial charge in [-0.15, -0.1) is 0 Å². The van der Waals surface area contributed by atoms with Crippen LogP contribution in [0.2, 0.25) is 0 Å². The van der Waals surface area contributed by atoms with Crippen molar-refractivity contribution in [3.63, 3.8) is 0 Å². The van der Waals surface area contributed by atoms with Gasteiger partial charge in [-0.1, -0.05) is 17.3 Å². The largest absolute Gasteiger partial charge is 0.352 e. The van der Waals surface area contributed by atoms with Crippen LogP contribution in [0, 0.1) is 0 Å². The van der Waals surface area contributed by atoms with Crippen LogP contribution in [0.1, 0.15) is 47.5 Å². The first-order valence-electron chi connectivity index (χ1n) is 10.2. The van der Waals surface area contributed by atoms with Crippen LogP contribution in [0.25, 0.3) is 11.4 Å². The van der Waals surface area contributed by atoms with Crippen LogP contribution in [0.5, 0.6) is 0 Å². The van der Waals surface area contributed by atoms with Gasteiger partial charge < -0.3 is 14.7 Å². The molecular formula is C22H24N4O3S. The summed E-state index contributed by atoms with van der Waals surface area (Å²) in [5.41, 5.74) is 2.50. The Morgan fingerprint density at radius 1 is 1.17 bits per heavy atom. The number of thiophene rings is 1. The van der Waals surface area contributed by atoms with Crippen molar-refractivity contribution in [3.05, 3.63) is 58.1 Å². The lowest BCUT2D eigenvalue weighted by Gasteiger charge is -2.26. The zero-order valence-corrected chi connectivity index (χ0v) is 17.5. The molecule has 1 aromatic carbocycles. The number of hydrogen-bond donors (Lipinski definition) is 1. The molecule has 3 heterocycles. The summed E-state index contributed by atoms with van der Waals surface area (Å²) < 4.78 is 5.22. The second-order valence-electron chi connectivity index (χ2n) is 7.35. The molecule has 1 fully saturated rings. The minimum Gasteiger partial charge on any atom is -0.352 e. The lowest BCUT2D eigenvalue weighted by Crippen LogP contribution is -2.35. The molecule has 2 amide bonds. The second-order valence-corrected chi connectivity index (χ2v) is 8.13. The van der Waals surface area contributed by atoms with Crippen LogP contribution < -0.4 is 5.32 Å². The number of piperidine rings is 1. The molecule has 0 atom stereocenters. The topological polar surface area (TPSA) is 88.3 Å². The Bertz CT molecular complexity index is 993. The number of nitrogens with one attached hydrogen (secondary N) is 1. The van der Waals surface area contributed by atoms with E-state index >= 15 is 0 Å². The Morgan fingerprint density at radius 2 is 2.03 bits per heavy atom. The van der Waals surface area contributed by atoms with E-state index in [1.54, 1.807) is 11.3 Å². The van der Waals surface area contributed by atoms with Crippen LogP contribution in [0.3, 0.4) is 0 Å². The molecule has 1 saturated heterocycles. The van der Waals surface area contributed by atoms with Gasteiger partial charge in [0.15, 0.2) is 0 Å². The predicted octanol–water partition coefficient (Wildman–Crippen LogP) is 3.67. The zero-order chi connectivity index (χ0) is 20.8. The van der Waals surface area contributed by atoms with Gasteiger partial charge in [0.2, 0.25) is 17.6 Å². The number of aromatic nitrogens is 2. The fourth-order valence-electron chi connectivity index (χ4n) is 3.47. The van der Waals surface area contributed by atoms with E-state index in [4.69, 9.17) is 4.52 Å². The number of carbonyl (C=O) groups is 2. The highest BCUT2D eigenvalue weighted by Crippen LogP contribution is 2.19. The maximum atomic E-state index is 12.7. The first-order chi connectivity index (χ1) is 14.7. The average molecular weight is 425 g/mol. The van der Waals surface area contributed by atoms with E-state index in [9.17, 15) is 9.59 Å². The molecule has 1 aliphatic heterocycles. The van der Waals surface area contributed by atoms with E-state index in [1.807, 2.05) is 46.0 Å². The first kappa shape index (κ1) is 20.3. The summed E-state index contributed by atoms with van der Waals surface area (Å²) in [5, 5.41) is 10.7. The molecule has 2 aromatic heterocycles. The maximum Gasteiger partial charge on any atom is 0.253 e. The van der Waals surface area contributed by atoms with E-state index in [1.165, 1.54) is 6.42 Å². The first-order valence-corrected chi connectivity index (χ1v) is 11.1. The van der Waals surface area contributed by atoms with Gasteiger partial charge in [-0.3, -0.25) is 9.59 Å². The van der Waals surface area contributed by atoms with Gasteiger partial charge in [0.1, 0.15) is 0 Å². The van der Waals surface area contributed by atoms with Crippen molar-refractivity contribution < 1.29 is 14.1 Å². The second kappa shape index (κ2) is 9.67. The number of carbonyl (C=O) groups excluding carboxylic acids is 2. The summed E-state index contributed by atoms with van der Waals surface area (Å²) in [7, 11) is 0. The average Bonchev–Trinajstić information content (AvgIpc) is 3.48. The smallest absolute Gasteiger partial charge is 0.253 e. The molecule has 0 bridgehead atoms. The minimum atomic E-state index is -0.0990. The number of aryl methyl sites for hydroxylation is 1. The molecule has 0 spiro atoms. The number of rotatable bonds is 7. The van der Waals surface area contributed by atoms with Gasteiger partial charge in [-0.25, -0.2) is 0 Å². The summed E-state index contributed by atoms with van der Waals surface area (Å²) in [6.07, 6.45) is 3.97. The fraction of sp³-hybridized carbons (Fsp3) is 0.364. The van der Waals surface area contributed by atoms with Crippen molar-refractivity contribution in [1.82, 2.24) is 20.4 Å². The van der Waals surface area contributed by atoms with Gasteiger partial charge in [0.25, 0.3) is 5.91 Å². The molecule has 8 heteroatoms. The number of nitrogens with zero attached hydrogens (tertiary/aromatic N) is 3. The highest BCUT2D eigenvalue weighted by Gasteiger charge is 2.18. The van der Waals surface area contributed by atoms with Crippen LogP contribution in [-0.2, 0) is 17.8 Å². The van der Waals surface area contributed by atoms with Crippen LogP contribution in [-0.4, -0.2) is 39.9 Å². The van der Waals surface area contributed by atoms with Gasteiger partial charge in [-0.2, -0.15) is 16.3 Å². The molecule has 0 aliphatic carbocycles. The Hall–Kier alpha value is -3.00. The number of likely N-dealkylation sites (tertiary alicyclic amines) is 1. The molecule has 1 aliphatic rings. The highest BCUT2D eigenvalue weighted by atomic mass is 32.1. The minimum absolute atomic E-state index is 0.0701. The maximum absolute atomic E-state index is 12.7. The lowest BCUT2D eigenvalue weighted by molar-refractivity contribution is -0.121. The summed E-state index contributed by atoms with van der Waals surface area (Å²) >= 11 is 1.57. The van der Waals surface area contributed by atoms with Crippen LogP contribution in [0.15, 0.2) is 45.6 Å². The fourth-order valence-corrected chi connectivity index (χ4v) is 4.10. The molecule has 0 saturated carbocycles. The molecule has 0 radical (unpaired) electrons. The van der Waals surface area contributed by atoms with Gasteiger partial charge in [0, 0.05) is 49.0 Å². The van der Waals surface area contributed by atoms with E-state index in [2.05, 4.69) is 15.5 Å². The van der Waals surface area contributed by atoms with Crippen molar-refractivity contribution in [2.24, 2.45) is 0 Å². The van der Waals surface area contributed by atoms with E-state index in [-0.39, 0.29) is 18.2 Å². The SMILES string of the molecule is O=C(CCc1nc(-c2ccsc2)no1)NCc1cccc(C(=O)N2CCCCC2)c1. The van der Waals surface area contributed by atoms with Crippen molar-refractivity contribution in [3.8, 4) is 11.4 Å². The third-order valence-electron chi connectivity index (χ3n) is 5.12. The van der Waals surface area contributed by atoms with Gasteiger partial charge in [-0.05, 0) is 48.4 Å². The molecule has 30 heavy (non-hydrogen) atoms. The van der Waals surface area contributed by atoms with Crippen molar-refractivity contribution >= 4 is 23.2 Å². The van der Waals surface area contributed by atoms with Crippen molar-refractivity contribution in [2.75, 3.05) is 13.1 Å². The number of amides is 2. The molecule has 1 N–H and O–H groups in total. The molecule has 156 valence electrons. The normalized spacial score (nSPS) is 13.9. The van der Waals surface area contributed by atoms with Gasteiger partial charge in [0.05, 0.1) is 0 Å². The summed E-state index contributed by atoms with van der Waals surface area (Å²) in [6, 6.07) is 9.41. The summed E-state index contributed by atoms with van der Waals surface area (Å²) in [4.78, 5) is 31.1. The third kappa shape index (κ3) is 5.13. The Kier molecular flexibility index (Phi) is 6.53. The van der Waals surface area contributed by atoms with E-state index < -0.39 is 0 Å². The quantitative estimate of drug-likeness (QED) is 0.625. The molecule has 7 nitrogen and oxygen atoms in total. The molecule has 4 rings (SSSR count). The van der Waals surface area contributed by atoms with Crippen molar-refractivity contribution in [1.29, 1.82) is 0 Å². The summed E-state index contributed by atoms with van der Waals surface area (Å²) in [6.45, 7) is 2.02. The monoisotopic (exact) mass is 424 g/mol. The molecule has 0 unspecified atom stereocenters. The highest BCUT2D eigenvalue weighted by molar-refractivity contribution is 7.08. The van der Waals surface area contributed by atoms with E-state index in [0.717, 1.165) is 37.1 Å². The third-order valence-corrected chi connectivity index (χ3v) is 5.80. The van der Waals surface area contributed by atoms with Crippen LogP contribution in [0.4, 0.5) is 0 Å². The number of benzene rings is 1. The van der Waals surface area contributed by atoms with E-state index in [0.29, 0.717) is 30.2 Å². The van der Waals surface area contributed by atoms with Crippen LogP contribution >= 0.6 is 11.3 Å². The zero-order valence-electron chi connectivity index (χ0n) is 16.7.